The van der Waals surface area contributed by atoms with Gasteiger partial charge in [-0.3, -0.25) is 4.79 Å². The van der Waals surface area contributed by atoms with E-state index in [0.29, 0.717) is 23.9 Å². The molecule has 1 rings (SSSR count). The van der Waals surface area contributed by atoms with Crippen LogP contribution in [0.4, 0.5) is 0 Å². The predicted octanol–water partition coefficient (Wildman–Crippen LogP) is 1.91. The molecule has 0 saturated heterocycles. The van der Waals surface area contributed by atoms with Gasteiger partial charge < -0.3 is 4.57 Å². The highest BCUT2D eigenvalue weighted by Gasteiger charge is 1.98. The Balaban J connectivity index is 2.73. The molecule has 0 unspecified atom stereocenters. The minimum absolute atomic E-state index is 0.0413. The number of halogens is 1. The number of hydrogen-bond acceptors (Lipinski definition) is 2. The van der Waals surface area contributed by atoms with E-state index in [1.807, 2.05) is 6.07 Å². The number of nitrogens with zero attached hydrogens (tertiary/aromatic N) is 2. The highest BCUT2D eigenvalue weighted by atomic mass is 79.9. The maximum atomic E-state index is 11.4. The van der Waals surface area contributed by atoms with Gasteiger partial charge in [0.1, 0.15) is 0 Å². The van der Waals surface area contributed by atoms with Gasteiger partial charge in [-0.05, 0) is 34.5 Å². The fraction of sp³-hybridized carbons (Fsp3) is 0.333. The number of aryl methyl sites for hydroxylation is 1. The van der Waals surface area contributed by atoms with Gasteiger partial charge >= 0.3 is 0 Å². The minimum atomic E-state index is -0.0413. The Labute approximate surface area is 84.7 Å². The molecule has 1 aromatic heterocycles. The first-order valence-electron chi connectivity index (χ1n) is 3.97. The first-order chi connectivity index (χ1) is 6.25. The molecule has 0 aliphatic rings. The molecule has 4 heteroatoms. The summed E-state index contributed by atoms with van der Waals surface area (Å²) in [5.41, 5.74) is -0.0413. The smallest absolute Gasteiger partial charge is 0.264 e. The summed E-state index contributed by atoms with van der Waals surface area (Å²) in [4.78, 5) is 11.4. The Morgan fingerprint density at radius 1 is 1.62 bits per heavy atom. The van der Waals surface area contributed by atoms with E-state index in [2.05, 4.69) is 15.9 Å². The van der Waals surface area contributed by atoms with Gasteiger partial charge in [-0.25, -0.2) is 0 Å². The van der Waals surface area contributed by atoms with Crippen molar-refractivity contribution in [1.29, 1.82) is 5.26 Å². The lowest BCUT2D eigenvalue weighted by Gasteiger charge is -2.02. The zero-order chi connectivity index (χ0) is 9.68. The van der Waals surface area contributed by atoms with Crippen LogP contribution in [0.25, 0.3) is 0 Å². The summed E-state index contributed by atoms with van der Waals surface area (Å²) < 4.78 is 2.16. The minimum Gasteiger partial charge on any atom is -0.315 e. The third-order valence-electron chi connectivity index (χ3n) is 1.66. The van der Waals surface area contributed by atoms with E-state index in [1.165, 1.54) is 0 Å². The molecule has 68 valence electrons. The molecule has 0 spiro atoms. The Kier molecular flexibility index (Phi) is 3.71. The van der Waals surface area contributed by atoms with Crippen molar-refractivity contribution in [3.8, 4) is 6.07 Å². The van der Waals surface area contributed by atoms with E-state index in [-0.39, 0.29) is 5.56 Å². The topological polar surface area (TPSA) is 45.8 Å². The van der Waals surface area contributed by atoms with Gasteiger partial charge in [0.05, 0.1) is 10.5 Å². The molecule has 0 saturated carbocycles. The molecule has 13 heavy (non-hydrogen) atoms. The SMILES string of the molecule is N#CCCCn1cccc(Br)c1=O. The van der Waals surface area contributed by atoms with Crippen molar-refractivity contribution < 1.29 is 0 Å². The third kappa shape index (κ3) is 2.71. The second kappa shape index (κ2) is 4.83. The van der Waals surface area contributed by atoms with Crippen molar-refractivity contribution in [1.82, 2.24) is 4.57 Å². The van der Waals surface area contributed by atoms with Crippen molar-refractivity contribution in [2.75, 3.05) is 0 Å². The first kappa shape index (κ1) is 10.0. The second-order valence-corrected chi connectivity index (χ2v) is 3.47. The quantitative estimate of drug-likeness (QED) is 0.759. The van der Waals surface area contributed by atoms with Gasteiger partial charge in [0.15, 0.2) is 0 Å². The van der Waals surface area contributed by atoms with Crippen LogP contribution in [0.15, 0.2) is 27.6 Å². The summed E-state index contributed by atoms with van der Waals surface area (Å²) in [6, 6.07) is 5.56. The van der Waals surface area contributed by atoms with Gasteiger partial charge in [0, 0.05) is 19.2 Å². The largest absolute Gasteiger partial charge is 0.315 e. The molecule has 0 aliphatic heterocycles. The molecule has 0 aromatic carbocycles. The Morgan fingerprint density at radius 3 is 3.08 bits per heavy atom. The van der Waals surface area contributed by atoms with Crippen LogP contribution in [0.5, 0.6) is 0 Å². The van der Waals surface area contributed by atoms with Gasteiger partial charge in [-0.1, -0.05) is 0 Å². The van der Waals surface area contributed by atoms with Crippen molar-refractivity contribution in [3.05, 3.63) is 33.2 Å². The Hall–Kier alpha value is -1.08. The van der Waals surface area contributed by atoms with E-state index < -0.39 is 0 Å². The number of nitriles is 1. The van der Waals surface area contributed by atoms with Crippen molar-refractivity contribution >= 4 is 15.9 Å². The van der Waals surface area contributed by atoms with Crippen molar-refractivity contribution in [3.63, 3.8) is 0 Å². The lowest BCUT2D eigenvalue weighted by atomic mass is 10.3. The monoisotopic (exact) mass is 240 g/mol. The van der Waals surface area contributed by atoms with Crippen LogP contribution in [0.3, 0.4) is 0 Å². The number of aromatic nitrogens is 1. The van der Waals surface area contributed by atoms with Crippen LogP contribution < -0.4 is 5.56 Å². The Morgan fingerprint density at radius 2 is 2.38 bits per heavy atom. The molecule has 0 bridgehead atoms. The van der Waals surface area contributed by atoms with Gasteiger partial charge in [-0.2, -0.15) is 5.26 Å². The number of pyridine rings is 1. The highest BCUT2D eigenvalue weighted by molar-refractivity contribution is 9.10. The van der Waals surface area contributed by atoms with Crippen molar-refractivity contribution in [2.45, 2.75) is 19.4 Å². The molecule has 0 aliphatic carbocycles. The van der Waals surface area contributed by atoms with Gasteiger partial charge in [-0.15, -0.1) is 0 Å². The third-order valence-corrected chi connectivity index (χ3v) is 2.26. The maximum Gasteiger partial charge on any atom is 0.264 e. The first-order valence-corrected chi connectivity index (χ1v) is 4.77. The number of rotatable bonds is 3. The van der Waals surface area contributed by atoms with E-state index in [4.69, 9.17) is 5.26 Å². The summed E-state index contributed by atoms with van der Waals surface area (Å²) in [5, 5.41) is 8.32. The lowest BCUT2D eigenvalue weighted by molar-refractivity contribution is 0.629. The normalized spacial score (nSPS) is 9.54. The summed E-state index contributed by atoms with van der Waals surface area (Å²) in [5.74, 6) is 0. The van der Waals surface area contributed by atoms with Crippen molar-refractivity contribution in [2.24, 2.45) is 0 Å². The van der Waals surface area contributed by atoms with E-state index >= 15 is 0 Å². The average Bonchev–Trinajstić information content (AvgIpc) is 2.13. The molecule has 3 nitrogen and oxygen atoms in total. The summed E-state index contributed by atoms with van der Waals surface area (Å²) in [6.07, 6.45) is 2.93. The molecule has 1 aromatic rings. The maximum absolute atomic E-state index is 11.4. The summed E-state index contributed by atoms with van der Waals surface area (Å²) in [6.45, 7) is 0.603. The van der Waals surface area contributed by atoms with E-state index in [9.17, 15) is 4.79 Å². The van der Waals surface area contributed by atoms with Crippen LogP contribution in [-0.4, -0.2) is 4.57 Å². The zero-order valence-corrected chi connectivity index (χ0v) is 8.62. The van der Waals surface area contributed by atoms with E-state index in [1.54, 1.807) is 22.9 Å². The fourth-order valence-corrected chi connectivity index (χ4v) is 1.39. The standard InChI is InChI=1S/C9H9BrN2O/c10-8-4-3-7-12(9(8)13)6-2-1-5-11/h3-4,7H,1-2,6H2. The molecule has 0 N–H and O–H groups in total. The molecule has 0 amide bonds. The highest BCUT2D eigenvalue weighted by Crippen LogP contribution is 2.01. The molecule has 0 atom stereocenters. The molecular weight excluding hydrogens is 232 g/mol. The fourth-order valence-electron chi connectivity index (χ4n) is 1.01. The van der Waals surface area contributed by atoms with Gasteiger partial charge in [0.2, 0.25) is 0 Å². The summed E-state index contributed by atoms with van der Waals surface area (Å²) >= 11 is 3.16. The lowest BCUT2D eigenvalue weighted by Crippen LogP contribution is -2.19. The van der Waals surface area contributed by atoms with Crippen LogP contribution in [0, 0.1) is 11.3 Å². The van der Waals surface area contributed by atoms with E-state index in [0.717, 1.165) is 0 Å². The molecule has 1 heterocycles. The Bertz CT molecular complexity index is 378. The number of unbranched alkanes of at least 4 members (excludes halogenated alkanes) is 1. The summed E-state index contributed by atoms with van der Waals surface area (Å²) in [7, 11) is 0. The average molecular weight is 241 g/mol. The van der Waals surface area contributed by atoms with Crippen LogP contribution in [0.1, 0.15) is 12.8 Å². The molecular formula is C9H9BrN2O. The van der Waals surface area contributed by atoms with Crippen LogP contribution in [0.2, 0.25) is 0 Å². The predicted molar refractivity (Wildman–Crippen MR) is 53.2 cm³/mol. The molecule has 0 fully saturated rings. The van der Waals surface area contributed by atoms with Gasteiger partial charge in [0.25, 0.3) is 5.56 Å². The zero-order valence-electron chi connectivity index (χ0n) is 7.03. The van der Waals surface area contributed by atoms with Crippen LogP contribution in [-0.2, 0) is 6.54 Å². The second-order valence-electron chi connectivity index (χ2n) is 2.62. The van der Waals surface area contributed by atoms with Crippen LogP contribution >= 0.6 is 15.9 Å². The number of hydrogen-bond donors (Lipinski definition) is 0. The molecule has 0 radical (unpaired) electrons.